The number of rotatable bonds is 7. The molecule has 1 N–H and O–H groups in total. The average Bonchev–Trinajstić information content (AvgIpc) is 2.70. The van der Waals surface area contributed by atoms with Gasteiger partial charge in [0.05, 0.1) is 6.61 Å². The summed E-state index contributed by atoms with van der Waals surface area (Å²) >= 11 is 3.47. The molecule has 1 rings (SSSR count). The summed E-state index contributed by atoms with van der Waals surface area (Å²) in [5.74, 6) is 1.02. The predicted molar refractivity (Wildman–Crippen MR) is 69.0 cm³/mol. The van der Waals surface area contributed by atoms with E-state index in [1.807, 2.05) is 23.2 Å². The molecule has 1 aromatic heterocycles. The van der Waals surface area contributed by atoms with Gasteiger partial charge in [0.2, 0.25) is 0 Å². The molecule has 0 aromatic carbocycles. The maximum absolute atomic E-state index is 10.3. The van der Waals surface area contributed by atoms with Gasteiger partial charge in [-0.15, -0.1) is 11.3 Å². The van der Waals surface area contributed by atoms with E-state index in [9.17, 15) is 4.79 Å². The first-order valence-electron chi connectivity index (χ1n) is 4.77. The number of hydrogen-bond donors (Lipinski definition) is 1. The lowest BCUT2D eigenvalue weighted by Crippen LogP contribution is -1.91. The SMILES string of the molecule is COCCSCc1cc(C=CC(=O)O)cs1. The van der Waals surface area contributed by atoms with Crippen LogP contribution in [0.4, 0.5) is 0 Å². The van der Waals surface area contributed by atoms with Crippen LogP contribution in [0, 0.1) is 0 Å². The number of thiophene rings is 1. The van der Waals surface area contributed by atoms with Crippen molar-refractivity contribution in [2.24, 2.45) is 0 Å². The molecule has 0 atom stereocenters. The van der Waals surface area contributed by atoms with Crippen molar-refractivity contribution in [3.63, 3.8) is 0 Å². The topological polar surface area (TPSA) is 46.5 Å². The highest BCUT2D eigenvalue weighted by Crippen LogP contribution is 2.21. The van der Waals surface area contributed by atoms with Crippen LogP contribution in [0.15, 0.2) is 17.5 Å². The predicted octanol–water partition coefficient (Wildman–Crippen LogP) is 2.73. The van der Waals surface area contributed by atoms with E-state index in [-0.39, 0.29) is 0 Å². The number of ether oxygens (including phenoxy) is 1. The van der Waals surface area contributed by atoms with Crippen LogP contribution in [-0.2, 0) is 15.3 Å². The van der Waals surface area contributed by atoms with E-state index in [1.54, 1.807) is 24.5 Å². The second-order valence-electron chi connectivity index (χ2n) is 3.06. The minimum atomic E-state index is -0.915. The zero-order chi connectivity index (χ0) is 11.8. The van der Waals surface area contributed by atoms with Gasteiger partial charge in [-0.05, 0) is 23.1 Å². The Morgan fingerprint density at radius 1 is 1.69 bits per heavy atom. The van der Waals surface area contributed by atoms with Crippen molar-refractivity contribution >= 4 is 35.1 Å². The fourth-order valence-electron chi connectivity index (χ4n) is 1.04. The first kappa shape index (κ1) is 13.3. The third-order valence-electron chi connectivity index (χ3n) is 1.77. The second kappa shape index (κ2) is 7.49. The third kappa shape index (κ3) is 5.34. The molecule has 0 spiro atoms. The summed E-state index contributed by atoms with van der Waals surface area (Å²) in [5.41, 5.74) is 0.953. The Labute approximate surface area is 103 Å². The Morgan fingerprint density at radius 3 is 3.19 bits per heavy atom. The van der Waals surface area contributed by atoms with Gasteiger partial charge in [0.15, 0.2) is 0 Å². The van der Waals surface area contributed by atoms with Crippen LogP contribution in [0.2, 0.25) is 0 Å². The lowest BCUT2D eigenvalue weighted by atomic mass is 10.3. The van der Waals surface area contributed by atoms with Crippen molar-refractivity contribution in [2.45, 2.75) is 5.75 Å². The molecule has 0 aliphatic rings. The maximum atomic E-state index is 10.3. The van der Waals surface area contributed by atoms with Crippen LogP contribution in [-0.4, -0.2) is 30.5 Å². The van der Waals surface area contributed by atoms with Crippen LogP contribution in [0.5, 0.6) is 0 Å². The van der Waals surface area contributed by atoms with Gasteiger partial charge in [-0.1, -0.05) is 0 Å². The Balaban J connectivity index is 2.36. The number of hydrogen-bond acceptors (Lipinski definition) is 4. The van der Waals surface area contributed by atoms with Crippen LogP contribution >= 0.6 is 23.1 Å². The molecule has 1 aromatic rings. The van der Waals surface area contributed by atoms with Crippen molar-refractivity contribution in [1.82, 2.24) is 0 Å². The smallest absolute Gasteiger partial charge is 0.328 e. The number of aliphatic carboxylic acids is 1. The number of thioether (sulfide) groups is 1. The molecule has 88 valence electrons. The van der Waals surface area contributed by atoms with Gasteiger partial charge in [-0.2, -0.15) is 11.8 Å². The zero-order valence-corrected chi connectivity index (χ0v) is 10.6. The summed E-state index contributed by atoms with van der Waals surface area (Å²) < 4.78 is 4.96. The Bertz CT molecular complexity index is 358. The van der Waals surface area contributed by atoms with Gasteiger partial charge in [0.1, 0.15) is 0 Å². The molecule has 16 heavy (non-hydrogen) atoms. The molecule has 5 heteroatoms. The van der Waals surface area contributed by atoms with Crippen molar-refractivity contribution in [3.05, 3.63) is 28.0 Å². The van der Waals surface area contributed by atoms with E-state index >= 15 is 0 Å². The number of methoxy groups -OCH3 is 1. The van der Waals surface area contributed by atoms with Gasteiger partial charge >= 0.3 is 5.97 Å². The van der Waals surface area contributed by atoms with Crippen LogP contribution in [0.1, 0.15) is 10.4 Å². The van der Waals surface area contributed by atoms with Crippen molar-refractivity contribution in [1.29, 1.82) is 0 Å². The van der Waals surface area contributed by atoms with E-state index in [1.165, 1.54) is 4.88 Å². The summed E-state index contributed by atoms with van der Waals surface area (Å²) in [6, 6.07) is 2.02. The lowest BCUT2D eigenvalue weighted by Gasteiger charge is -1.97. The number of carbonyl (C=O) groups is 1. The number of carboxylic acids is 1. The molecule has 1 heterocycles. The summed E-state index contributed by atoms with van der Waals surface area (Å²) in [5, 5.41) is 10.4. The fraction of sp³-hybridized carbons (Fsp3) is 0.364. The maximum Gasteiger partial charge on any atom is 0.328 e. The molecule has 0 radical (unpaired) electrons. The highest BCUT2D eigenvalue weighted by Gasteiger charge is 1.98. The van der Waals surface area contributed by atoms with E-state index in [0.717, 1.165) is 29.8 Å². The lowest BCUT2D eigenvalue weighted by molar-refractivity contribution is -0.131. The molecular formula is C11H14O3S2. The first-order valence-corrected chi connectivity index (χ1v) is 6.81. The van der Waals surface area contributed by atoms with Gasteiger partial charge in [-0.3, -0.25) is 0 Å². The highest BCUT2D eigenvalue weighted by atomic mass is 32.2. The van der Waals surface area contributed by atoms with E-state index < -0.39 is 5.97 Å². The molecule has 3 nitrogen and oxygen atoms in total. The normalized spacial score (nSPS) is 11.1. The van der Waals surface area contributed by atoms with Crippen LogP contribution in [0.3, 0.4) is 0 Å². The average molecular weight is 258 g/mol. The summed E-state index contributed by atoms with van der Waals surface area (Å²) in [7, 11) is 1.69. The van der Waals surface area contributed by atoms with E-state index in [2.05, 4.69) is 0 Å². The monoisotopic (exact) mass is 258 g/mol. The summed E-state index contributed by atoms with van der Waals surface area (Å²) in [6.07, 6.45) is 2.77. The first-order chi connectivity index (χ1) is 7.72. The molecule has 0 bridgehead atoms. The summed E-state index contributed by atoms with van der Waals surface area (Å²) in [4.78, 5) is 11.6. The van der Waals surface area contributed by atoms with E-state index in [0.29, 0.717) is 0 Å². The molecule has 0 saturated carbocycles. The van der Waals surface area contributed by atoms with E-state index in [4.69, 9.17) is 9.84 Å². The molecule has 0 amide bonds. The summed E-state index contributed by atoms with van der Waals surface area (Å²) in [6.45, 7) is 0.766. The standard InChI is InChI=1S/C11H14O3S2/c1-14-4-5-15-8-10-6-9(7-16-10)2-3-11(12)13/h2-3,6-7H,4-5,8H2,1H3,(H,12,13). The Morgan fingerprint density at radius 2 is 2.50 bits per heavy atom. The minimum absolute atomic E-state index is 0.766. The molecule has 0 unspecified atom stereocenters. The van der Waals surface area contributed by atoms with Gasteiger partial charge in [0, 0.05) is 29.6 Å². The zero-order valence-electron chi connectivity index (χ0n) is 9.01. The van der Waals surface area contributed by atoms with Gasteiger partial charge < -0.3 is 9.84 Å². The molecule has 0 saturated heterocycles. The molecule has 0 aliphatic carbocycles. The molecular weight excluding hydrogens is 244 g/mol. The third-order valence-corrected chi connectivity index (χ3v) is 3.88. The fourth-order valence-corrected chi connectivity index (χ4v) is 2.92. The highest BCUT2D eigenvalue weighted by molar-refractivity contribution is 7.98. The van der Waals surface area contributed by atoms with Crippen molar-refractivity contribution in [3.8, 4) is 0 Å². The van der Waals surface area contributed by atoms with Gasteiger partial charge in [-0.25, -0.2) is 4.79 Å². The van der Waals surface area contributed by atoms with Crippen LogP contribution < -0.4 is 0 Å². The largest absolute Gasteiger partial charge is 0.478 e. The second-order valence-corrected chi connectivity index (χ2v) is 5.16. The Hall–Kier alpha value is -0.780. The van der Waals surface area contributed by atoms with Gasteiger partial charge in [0.25, 0.3) is 0 Å². The molecule has 0 aliphatic heterocycles. The van der Waals surface area contributed by atoms with Crippen LogP contribution in [0.25, 0.3) is 6.08 Å². The quantitative estimate of drug-likeness (QED) is 0.603. The van der Waals surface area contributed by atoms with Crippen molar-refractivity contribution < 1.29 is 14.6 Å². The number of carboxylic acid groups (broad SMARTS) is 1. The molecule has 0 fully saturated rings. The van der Waals surface area contributed by atoms with Crippen molar-refractivity contribution in [2.75, 3.05) is 19.5 Å². The minimum Gasteiger partial charge on any atom is -0.478 e. The Kier molecular flexibility index (Phi) is 6.22.